The molecule has 0 saturated heterocycles. The zero-order valence-electron chi connectivity index (χ0n) is 7.64. The third-order valence-corrected chi connectivity index (χ3v) is 2.03. The van der Waals surface area contributed by atoms with Crippen LogP contribution in [-0.2, 0) is 19.5 Å². The third-order valence-electron chi connectivity index (χ3n) is 2.03. The number of nitrogens with zero attached hydrogens (tertiary/aromatic N) is 3. The molecule has 1 aromatic rings. The van der Waals surface area contributed by atoms with Gasteiger partial charge in [-0.15, -0.1) is 35.0 Å². The van der Waals surface area contributed by atoms with Crippen molar-refractivity contribution in [1.82, 2.24) is 20.1 Å². The highest BCUT2D eigenvalue weighted by Gasteiger charge is 2.13. The number of halogens is 2. The largest absolute Gasteiger partial charge is 0.396 e. The Kier molecular flexibility index (Phi) is 6.03. The normalized spacial score (nSPS) is 13.8. The Morgan fingerprint density at radius 2 is 2.14 bits per heavy atom. The second-order valence-electron chi connectivity index (χ2n) is 2.83. The summed E-state index contributed by atoms with van der Waals surface area (Å²) >= 11 is 0. The van der Waals surface area contributed by atoms with E-state index in [4.69, 9.17) is 5.11 Å². The second-order valence-corrected chi connectivity index (χ2v) is 2.83. The average Bonchev–Trinajstić information content (AvgIpc) is 2.50. The van der Waals surface area contributed by atoms with Gasteiger partial charge in [0.2, 0.25) is 0 Å². The van der Waals surface area contributed by atoms with Gasteiger partial charge in [-0.05, 0) is 0 Å². The Labute approximate surface area is 94.7 Å². The van der Waals surface area contributed by atoms with Crippen molar-refractivity contribution in [2.75, 3.05) is 13.2 Å². The molecule has 0 fully saturated rings. The van der Waals surface area contributed by atoms with Gasteiger partial charge in [-0.1, -0.05) is 0 Å². The van der Waals surface area contributed by atoms with E-state index in [-0.39, 0.29) is 31.4 Å². The molecular formula is C7H14Cl2N4O. The number of fused-ring (bicyclic) bond motifs is 1. The highest BCUT2D eigenvalue weighted by Crippen LogP contribution is 2.05. The summed E-state index contributed by atoms with van der Waals surface area (Å²) in [6.07, 6.45) is 0.604. The molecule has 0 aliphatic carbocycles. The highest BCUT2D eigenvalue weighted by molar-refractivity contribution is 5.85. The van der Waals surface area contributed by atoms with Gasteiger partial charge in [0.05, 0.1) is 13.2 Å². The van der Waals surface area contributed by atoms with Gasteiger partial charge in [-0.25, -0.2) is 0 Å². The van der Waals surface area contributed by atoms with Crippen molar-refractivity contribution >= 4 is 24.8 Å². The minimum Gasteiger partial charge on any atom is -0.396 e. The van der Waals surface area contributed by atoms with E-state index >= 15 is 0 Å². The first-order valence-corrected chi connectivity index (χ1v) is 4.14. The quantitative estimate of drug-likeness (QED) is 0.750. The van der Waals surface area contributed by atoms with Gasteiger partial charge in [0.25, 0.3) is 0 Å². The molecule has 1 aliphatic rings. The Balaban J connectivity index is 0.000000845. The zero-order chi connectivity index (χ0) is 8.39. The van der Waals surface area contributed by atoms with E-state index in [1.165, 1.54) is 0 Å². The van der Waals surface area contributed by atoms with E-state index in [2.05, 4.69) is 20.1 Å². The molecule has 1 aliphatic heterocycles. The summed E-state index contributed by atoms with van der Waals surface area (Å²) in [6, 6.07) is 0. The van der Waals surface area contributed by atoms with Crippen LogP contribution in [0.4, 0.5) is 0 Å². The average molecular weight is 241 g/mol. The van der Waals surface area contributed by atoms with Gasteiger partial charge >= 0.3 is 0 Å². The molecule has 0 spiro atoms. The van der Waals surface area contributed by atoms with Crippen molar-refractivity contribution in [2.45, 2.75) is 19.5 Å². The molecule has 0 aromatic carbocycles. The van der Waals surface area contributed by atoms with Crippen LogP contribution in [0.1, 0.15) is 11.6 Å². The van der Waals surface area contributed by atoms with Crippen LogP contribution in [0.3, 0.4) is 0 Å². The first-order chi connectivity index (χ1) is 5.92. The summed E-state index contributed by atoms with van der Waals surface area (Å²) in [7, 11) is 0. The number of rotatable bonds is 2. The van der Waals surface area contributed by atoms with E-state index < -0.39 is 0 Å². The van der Waals surface area contributed by atoms with E-state index in [1.54, 1.807) is 0 Å². The van der Waals surface area contributed by atoms with Crippen molar-refractivity contribution in [1.29, 1.82) is 0 Å². The molecule has 0 bridgehead atoms. The van der Waals surface area contributed by atoms with Crippen LogP contribution in [0.5, 0.6) is 0 Å². The SMILES string of the molecule is Cl.Cl.OCCc1nnc2n1CCNC2. The molecule has 7 heteroatoms. The van der Waals surface area contributed by atoms with Crippen LogP contribution in [0, 0.1) is 0 Å². The highest BCUT2D eigenvalue weighted by atomic mass is 35.5. The number of aromatic nitrogens is 3. The molecule has 0 unspecified atom stereocenters. The van der Waals surface area contributed by atoms with Crippen molar-refractivity contribution in [2.24, 2.45) is 0 Å². The molecule has 0 amide bonds. The van der Waals surface area contributed by atoms with Gasteiger partial charge in [-0.2, -0.15) is 0 Å². The fraction of sp³-hybridized carbons (Fsp3) is 0.714. The molecule has 5 nitrogen and oxygen atoms in total. The van der Waals surface area contributed by atoms with Crippen LogP contribution in [0.2, 0.25) is 0 Å². The smallest absolute Gasteiger partial charge is 0.147 e. The Bertz CT molecular complexity index is 279. The Hall–Kier alpha value is -0.360. The molecule has 1 aromatic heterocycles. The second kappa shape index (κ2) is 6.19. The Morgan fingerprint density at radius 1 is 1.36 bits per heavy atom. The number of hydrogen-bond donors (Lipinski definition) is 2. The Morgan fingerprint density at radius 3 is 2.86 bits per heavy atom. The summed E-state index contributed by atoms with van der Waals surface area (Å²) in [6.45, 7) is 2.81. The molecule has 2 rings (SSSR count). The maximum absolute atomic E-state index is 8.74. The lowest BCUT2D eigenvalue weighted by atomic mass is 10.3. The zero-order valence-corrected chi connectivity index (χ0v) is 9.27. The molecule has 0 atom stereocenters. The molecule has 14 heavy (non-hydrogen) atoms. The monoisotopic (exact) mass is 240 g/mol. The third kappa shape index (κ3) is 2.57. The molecule has 2 heterocycles. The lowest BCUT2D eigenvalue weighted by Crippen LogP contribution is -2.29. The van der Waals surface area contributed by atoms with E-state index in [1.807, 2.05) is 0 Å². The van der Waals surface area contributed by atoms with Crippen LogP contribution < -0.4 is 5.32 Å². The minimum absolute atomic E-state index is 0. The summed E-state index contributed by atoms with van der Waals surface area (Å²) in [4.78, 5) is 0. The van der Waals surface area contributed by atoms with Crippen molar-refractivity contribution < 1.29 is 5.11 Å². The summed E-state index contributed by atoms with van der Waals surface area (Å²) in [5.74, 6) is 1.87. The van der Waals surface area contributed by atoms with Gasteiger partial charge in [0, 0.05) is 19.5 Å². The molecule has 0 radical (unpaired) electrons. The summed E-state index contributed by atoms with van der Waals surface area (Å²) in [5, 5.41) is 20.0. The lowest BCUT2D eigenvalue weighted by Gasteiger charge is -2.15. The predicted octanol–water partition coefficient (Wildman–Crippen LogP) is -0.240. The summed E-state index contributed by atoms with van der Waals surface area (Å²) in [5.41, 5.74) is 0. The van der Waals surface area contributed by atoms with Crippen molar-refractivity contribution in [3.63, 3.8) is 0 Å². The maximum atomic E-state index is 8.74. The van der Waals surface area contributed by atoms with Gasteiger partial charge < -0.3 is 15.0 Å². The molecule has 82 valence electrons. The minimum atomic E-state index is 0. The number of aliphatic hydroxyl groups is 1. The number of aliphatic hydroxyl groups excluding tert-OH is 1. The standard InChI is InChI=1S/C7H12N4O.2ClH/c12-4-1-6-9-10-7-5-8-2-3-11(6)7;;/h8,12H,1-5H2;2*1H. The topological polar surface area (TPSA) is 63.0 Å². The predicted molar refractivity (Wildman–Crippen MR) is 57.0 cm³/mol. The van der Waals surface area contributed by atoms with Gasteiger partial charge in [0.15, 0.2) is 0 Å². The van der Waals surface area contributed by atoms with Crippen molar-refractivity contribution in [3.05, 3.63) is 11.6 Å². The molecule has 2 N–H and O–H groups in total. The van der Waals surface area contributed by atoms with Crippen LogP contribution in [0.25, 0.3) is 0 Å². The van der Waals surface area contributed by atoms with Gasteiger partial charge in [-0.3, -0.25) is 0 Å². The number of hydrogen-bond acceptors (Lipinski definition) is 4. The lowest BCUT2D eigenvalue weighted by molar-refractivity contribution is 0.293. The van der Waals surface area contributed by atoms with E-state index in [0.29, 0.717) is 6.42 Å². The number of nitrogens with one attached hydrogen (secondary N) is 1. The van der Waals surface area contributed by atoms with Gasteiger partial charge in [0.1, 0.15) is 11.6 Å². The van der Waals surface area contributed by atoms with Crippen LogP contribution in [0.15, 0.2) is 0 Å². The maximum Gasteiger partial charge on any atom is 0.147 e. The first kappa shape index (κ1) is 13.6. The fourth-order valence-electron chi connectivity index (χ4n) is 1.44. The van der Waals surface area contributed by atoms with Crippen molar-refractivity contribution in [3.8, 4) is 0 Å². The molecule has 0 saturated carbocycles. The summed E-state index contributed by atoms with van der Waals surface area (Å²) < 4.78 is 2.08. The first-order valence-electron chi connectivity index (χ1n) is 4.14. The van der Waals surface area contributed by atoms with Crippen LogP contribution in [-0.4, -0.2) is 33.0 Å². The van der Waals surface area contributed by atoms with E-state index in [0.717, 1.165) is 31.3 Å². The molecular weight excluding hydrogens is 227 g/mol. The van der Waals surface area contributed by atoms with E-state index in [9.17, 15) is 0 Å². The fourth-order valence-corrected chi connectivity index (χ4v) is 1.44. The van der Waals surface area contributed by atoms with Crippen LogP contribution >= 0.6 is 24.8 Å².